The molecule has 1 N–H and O–H groups in total. The van der Waals surface area contributed by atoms with E-state index in [-0.39, 0.29) is 5.69 Å². The predicted molar refractivity (Wildman–Crippen MR) is 51.9 cm³/mol. The van der Waals surface area contributed by atoms with Crippen molar-refractivity contribution < 1.29 is 18.3 Å². The lowest BCUT2D eigenvalue weighted by Gasteiger charge is -2.07. The van der Waals surface area contributed by atoms with Crippen LogP contribution in [-0.4, -0.2) is 15.3 Å². The van der Waals surface area contributed by atoms with E-state index in [4.69, 9.17) is 0 Å². The van der Waals surface area contributed by atoms with E-state index in [0.717, 1.165) is 19.3 Å². The van der Waals surface area contributed by atoms with Crippen molar-refractivity contribution in [3.05, 3.63) is 17.5 Å². The number of alkyl halides is 3. The maximum Gasteiger partial charge on any atom is 0.435 e. The number of aromatic hydroxyl groups is 1. The van der Waals surface area contributed by atoms with Gasteiger partial charge in [-0.3, -0.25) is 0 Å². The summed E-state index contributed by atoms with van der Waals surface area (Å²) in [5.41, 5.74) is -0.939. The van der Waals surface area contributed by atoms with Gasteiger partial charge in [0, 0.05) is 6.07 Å². The van der Waals surface area contributed by atoms with Crippen molar-refractivity contribution in [2.45, 2.75) is 38.8 Å². The molecule has 0 saturated heterocycles. The Morgan fingerprint density at radius 2 is 1.94 bits per heavy atom. The molecule has 1 rings (SSSR count). The molecule has 0 radical (unpaired) electrons. The second kappa shape index (κ2) is 5.14. The van der Waals surface area contributed by atoms with Crippen molar-refractivity contribution in [3.8, 4) is 5.75 Å². The van der Waals surface area contributed by atoms with E-state index in [1.165, 1.54) is 0 Å². The van der Waals surface area contributed by atoms with Gasteiger partial charge in [0.25, 0.3) is 0 Å². The van der Waals surface area contributed by atoms with Gasteiger partial charge in [0.15, 0.2) is 5.69 Å². The van der Waals surface area contributed by atoms with Gasteiger partial charge in [-0.1, -0.05) is 19.8 Å². The third-order valence-corrected chi connectivity index (χ3v) is 2.16. The van der Waals surface area contributed by atoms with Crippen molar-refractivity contribution in [2.24, 2.45) is 0 Å². The van der Waals surface area contributed by atoms with Gasteiger partial charge in [-0.05, 0) is 12.8 Å². The molecule has 16 heavy (non-hydrogen) atoms. The van der Waals surface area contributed by atoms with E-state index in [0.29, 0.717) is 12.5 Å². The maximum absolute atomic E-state index is 12.2. The van der Waals surface area contributed by atoms with Crippen LogP contribution in [-0.2, 0) is 12.6 Å². The molecular weight excluding hydrogens is 221 g/mol. The van der Waals surface area contributed by atoms with Crippen LogP contribution in [0.3, 0.4) is 0 Å². The molecule has 0 unspecified atom stereocenters. The molecule has 0 spiro atoms. The zero-order valence-electron chi connectivity index (χ0n) is 8.88. The fourth-order valence-electron chi connectivity index (χ4n) is 1.27. The average molecular weight is 234 g/mol. The van der Waals surface area contributed by atoms with Crippen molar-refractivity contribution >= 4 is 0 Å². The highest BCUT2D eigenvalue weighted by Gasteiger charge is 2.33. The number of hydrogen-bond acceptors (Lipinski definition) is 3. The van der Waals surface area contributed by atoms with Gasteiger partial charge in [-0.2, -0.15) is 18.3 Å². The summed E-state index contributed by atoms with van der Waals surface area (Å²) in [6, 6.07) is 0.619. The van der Waals surface area contributed by atoms with Gasteiger partial charge in [0.05, 0.1) is 0 Å². The first-order valence-corrected chi connectivity index (χ1v) is 5.08. The monoisotopic (exact) mass is 234 g/mol. The Hall–Kier alpha value is -1.33. The quantitative estimate of drug-likeness (QED) is 0.815. The van der Waals surface area contributed by atoms with Gasteiger partial charge in [-0.15, -0.1) is 5.10 Å². The lowest BCUT2D eigenvalue weighted by Crippen LogP contribution is -2.10. The Morgan fingerprint density at radius 3 is 2.44 bits per heavy atom. The highest BCUT2D eigenvalue weighted by molar-refractivity contribution is 5.27. The van der Waals surface area contributed by atoms with Crippen molar-refractivity contribution in [1.29, 1.82) is 0 Å². The van der Waals surface area contributed by atoms with E-state index >= 15 is 0 Å². The van der Waals surface area contributed by atoms with Crippen LogP contribution < -0.4 is 0 Å². The minimum atomic E-state index is -4.56. The molecule has 0 aliphatic rings. The van der Waals surface area contributed by atoms with Crippen LogP contribution in [0, 0.1) is 0 Å². The Morgan fingerprint density at radius 1 is 1.25 bits per heavy atom. The molecule has 0 aromatic carbocycles. The SMILES string of the molecule is CCCCCc1nnc(C(F)(F)F)cc1O. The van der Waals surface area contributed by atoms with E-state index < -0.39 is 17.6 Å². The highest BCUT2D eigenvalue weighted by Crippen LogP contribution is 2.30. The molecule has 0 fully saturated rings. The summed E-state index contributed by atoms with van der Waals surface area (Å²) in [5.74, 6) is -0.432. The molecule has 6 heteroatoms. The average Bonchev–Trinajstić information content (AvgIpc) is 2.19. The number of aryl methyl sites for hydroxylation is 1. The number of aromatic nitrogens is 2. The predicted octanol–water partition coefficient (Wildman–Crippen LogP) is 2.93. The second-order valence-corrected chi connectivity index (χ2v) is 3.52. The van der Waals surface area contributed by atoms with Crippen molar-refractivity contribution in [2.75, 3.05) is 0 Å². The Labute approximate surface area is 91.3 Å². The zero-order chi connectivity index (χ0) is 12.2. The van der Waals surface area contributed by atoms with E-state index in [9.17, 15) is 18.3 Å². The minimum Gasteiger partial charge on any atom is -0.506 e. The third kappa shape index (κ3) is 3.36. The summed E-state index contributed by atoms with van der Waals surface area (Å²) in [5, 5.41) is 15.8. The summed E-state index contributed by atoms with van der Waals surface area (Å²) in [4.78, 5) is 0. The van der Waals surface area contributed by atoms with Crippen LogP contribution in [0.5, 0.6) is 5.75 Å². The molecule has 90 valence electrons. The molecule has 0 aliphatic carbocycles. The van der Waals surface area contributed by atoms with Gasteiger partial charge in [0.1, 0.15) is 11.4 Å². The number of halogens is 3. The van der Waals surface area contributed by atoms with Crippen LogP contribution in [0.4, 0.5) is 13.2 Å². The minimum absolute atomic E-state index is 0.224. The standard InChI is InChI=1S/C10H13F3N2O/c1-2-3-4-5-7-8(16)6-9(15-14-7)10(11,12)13/h6H,2-5H2,1H3,(H,15,16). The molecule has 0 atom stereocenters. The van der Waals surface area contributed by atoms with E-state index in [2.05, 4.69) is 10.2 Å². The number of rotatable bonds is 4. The highest BCUT2D eigenvalue weighted by atomic mass is 19.4. The summed E-state index contributed by atoms with van der Waals surface area (Å²) in [7, 11) is 0. The maximum atomic E-state index is 12.2. The lowest BCUT2D eigenvalue weighted by atomic mass is 10.1. The molecule has 0 saturated carbocycles. The zero-order valence-corrected chi connectivity index (χ0v) is 8.88. The lowest BCUT2D eigenvalue weighted by molar-refractivity contribution is -0.141. The van der Waals surface area contributed by atoms with Gasteiger partial charge in [0.2, 0.25) is 0 Å². The van der Waals surface area contributed by atoms with E-state index in [1.807, 2.05) is 6.92 Å². The molecule has 1 heterocycles. The van der Waals surface area contributed by atoms with Crippen LogP contribution in [0.1, 0.15) is 37.6 Å². The summed E-state index contributed by atoms with van der Waals surface area (Å²) < 4.78 is 36.6. The van der Waals surface area contributed by atoms with Gasteiger partial charge < -0.3 is 5.11 Å². The van der Waals surface area contributed by atoms with Crippen LogP contribution >= 0.6 is 0 Å². The first-order chi connectivity index (χ1) is 7.45. The molecular formula is C10H13F3N2O. The normalized spacial score (nSPS) is 11.8. The Balaban J connectivity index is 2.76. The second-order valence-electron chi connectivity index (χ2n) is 3.52. The molecule has 1 aromatic heterocycles. The van der Waals surface area contributed by atoms with Crippen molar-refractivity contribution in [3.63, 3.8) is 0 Å². The van der Waals surface area contributed by atoms with Crippen LogP contribution in [0.15, 0.2) is 6.07 Å². The molecule has 1 aromatic rings. The van der Waals surface area contributed by atoms with Gasteiger partial charge in [-0.25, -0.2) is 0 Å². The summed E-state index contributed by atoms with van der Waals surface area (Å²) >= 11 is 0. The smallest absolute Gasteiger partial charge is 0.435 e. The Bertz CT molecular complexity index is 352. The topological polar surface area (TPSA) is 46.0 Å². The van der Waals surface area contributed by atoms with Crippen LogP contribution in [0.25, 0.3) is 0 Å². The first-order valence-electron chi connectivity index (χ1n) is 5.08. The number of hydrogen-bond donors (Lipinski definition) is 1. The van der Waals surface area contributed by atoms with Crippen molar-refractivity contribution in [1.82, 2.24) is 10.2 Å². The fraction of sp³-hybridized carbons (Fsp3) is 0.600. The third-order valence-electron chi connectivity index (χ3n) is 2.16. The number of unbranched alkanes of at least 4 members (excludes halogenated alkanes) is 2. The largest absolute Gasteiger partial charge is 0.506 e. The summed E-state index contributed by atoms with van der Waals surface area (Å²) in [6.45, 7) is 2.01. The van der Waals surface area contributed by atoms with Crippen LogP contribution in [0.2, 0.25) is 0 Å². The number of nitrogens with zero attached hydrogens (tertiary/aromatic N) is 2. The molecule has 3 nitrogen and oxygen atoms in total. The van der Waals surface area contributed by atoms with Gasteiger partial charge >= 0.3 is 6.18 Å². The molecule has 0 bridgehead atoms. The summed E-state index contributed by atoms with van der Waals surface area (Å²) in [6.07, 6.45) is -1.39. The van der Waals surface area contributed by atoms with E-state index in [1.54, 1.807) is 0 Å². The molecule has 0 amide bonds. The first kappa shape index (κ1) is 12.7. The Kier molecular flexibility index (Phi) is 4.09. The fourth-order valence-corrected chi connectivity index (χ4v) is 1.27. The molecule has 0 aliphatic heterocycles.